The van der Waals surface area contributed by atoms with Crippen molar-refractivity contribution in [1.29, 1.82) is 0 Å². The molecule has 1 amide bonds. The molecular weight excluding hydrogens is 274 g/mol. The van der Waals surface area contributed by atoms with Crippen molar-refractivity contribution < 1.29 is 9.53 Å². The molecule has 0 spiro atoms. The van der Waals surface area contributed by atoms with Crippen molar-refractivity contribution in [2.24, 2.45) is 0 Å². The molecule has 2 rings (SSSR count). The van der Waals surface area contributed by atoms with Crippen molar-refractivity contribution in [2.45, 2.75) is 33.6 Å². The van der Waals surface area contributed by atoms with E-state index in [9.17, 15) is 4.79 Å². The van der Waals surface area contributed by atoms with Crippen LogP contribution in [0.25, 0.3) is 0 Å². The van der Waals surface area contributed by atoms with Gasteiger partial charge in [-0.2, -0.15) is 0 Å². The summed E-state index contributed by atoms with van der Waals surface area (Å²) in [5.74, 6) is 1.03. The Bertz CT molecular complexity index is 645. The number of benzene rings is 2. The van der Waals surface area contributed by atoms with Gasteiger partial charge in [0.25, 0.3) is 5.91 Å². The molecule has 0 aliphatic carbocycles. The molecule has 0 fully saturated rings. The van der Waals surface area contributed by atoms with Gasteiger partial charge in [-0.3, -0.25) is 4.79 Å². The lowest BCUT2D eigenvalue weighted by Crippen LogP contribution is -2.14. The maximum absolute atomic E-state index is 12.5. The van der Waals surface area contributed by atoms with Crippen molar-refractivity contribution in [2.75, 3.05) is 11.9 Å². The van der Waals surface area contributed by atoms with Gasteiger partial charge in [0.1, 0.15) is 5.75 Å². The average Bonchev–Trinajstić information content (AvgIpc) is 2.50. The fourth-order valence-electron chi connectivity index (χ4n) is 2.40. The third-order valence-electron chi connectivity index (χ3n) is 3.59. The lowest BCUT2D eigenvalue weighted by Gasteiger charge is -2.16. The van der Waals surface area contributed by atoms with Crippen LogP contribution >= 0.6 is 0 Å². The van der Waals surface area contributed by atoms with Gasteiger partial charge in [0, 0.05) is 11.3 Å². The van der Waals surface area contributed by atoms with Gasteiger partial charge in [0.05, 0.1) is 6.61 Å². The van der Waals surface area contributed by atoms with Gasteiger partial charge in [-0.1, -0.05) is 32.0 Å². The van der Waals surface area contributed by atoms with E-state index in [1.165, 1.54) is 0 Å². The summed E-state index contributed by atoms with van der Waals surface area (Å²) in [5, 5.41) is 3.05. The minimum absolute atomic E-state index is 0.0979. The van der Waals surface area contributed by atoms with Crippen LogP contribution in [0.1, 0.15) is 48.2 Å². The lowest BCUT2D eigenvalue weighted by molar-refractivity contribution is 0.102. The molecule has 116 valence electrons. The van der Waals surface area contributed by atoms with Crippen molar-refractivity contribution in [3.63, 3.8) is 0 Å². The molecule has 0 aromatic heterocycles. The SMILES string of the molecule is CCOc1ccc(C(=O)Nc2c(C)cccc2C(C)C)cc1. The van der Waals surface area contributed by atoms with Crippen LogP contribution in [0.4, 0.5) is 5.69 Å². The summed E-state index contributed by atoms with van der Waals surface area (Å²) in [7, 11) is 0. The van der Waals surface area contributed by atoms with Crippen LogP contribution in [0.2, 0.25) is 0 Å². The molecule has 0 radical (unpaired) electrons. The standard InChI is InChI=1S/C19H23NO2/c1-5-22-16-11-9-15(10-12-16)19(21)20-18-14(4)7-6-8-17(18)13(2)3/h6-13H,5H2,1-4H3,(H,20,21). The minimum Gasteiger partial charge on any atom is -0.494 e. The Kier molecular flexibility index (Phi) is 5.21. The van der Waals surface area contributed by atoms with Crippen LogP contribution in [-0.2, 0) is 0 Å². The molecule has 1 N–H and O–H groups in total. The first-order valence-electron chi connectivity index (χ1n) is 7.66. The van der Waals surface area contributed by atoms with E-state index in [4.69, 9.17) is 4.74 Å². The van der Waals surface area contributed by atoms with E-state index in [-0.39, 0.29) is 5.91 Å². The quantitative estimate of drug-likeness (QED) is 0.863. The summed E-state index contributed by atoms with van der Waals surface area (Å²) < 4.78 is 5.40. The van der Waals surface area contributed by atoms with Crippen LogP contribution in [-0.4, -0.2) is 12.5 Å². The summed E-state index contributed by atoms with van der Waals surface area (Å²) in [6.07, 6.45) is 0. The molecule has 3 nitrogen and oxygen atoms in total. The van der Waals surface area contributed by atoms with E-state index >= 15 is 0 Å². The third kappa shape index (κ3) is 3.67. The fourth-order valence-corrected chi connectivity index (χ4v) is 2.40. The monoisotopic (exact) mass is 297 g/mol. The Hall–Kier alpha value is -2.29. The molecule has 0 atom stereocenters. The Morgan fingerprint density at radius 2 is 1.82 bits per heavy atom. The summed E-state index contributed by atoms with van der Waals surface area (Å²) in [6, 6.07) is 13.3. The highest BCUT2D eigenvalue weighted by Gasteiger charge is 2.13. The molecule has 2 aromatic carbocycles. The summed E-state index contributed by atoms with van der Waals surface area (Å²) >= 11 is 0. The van der Waals surface area contributed by atoms with Crippen LogP contribution < -0.4 is 10.1 Å². The van der Waals surface area contributed by atoms with Crippen molar-refractivity contribution in [3.8, 4) is 5.75 Å². The van der Waals surface area contributed by atoms with Crippen molar-refractivity contribution in [3.05, 3.63) is 59.2 Å². The van der Waals surface area contributed by atoms with E-state index in [1.807, 2.05) is 38.1 Å². The number of rotatable bonds is 5. The van der Waals surface area contributed by atoms with Gasteiger partial charge >= 0.3 is 0 Å². The van der Waals surface area contributed by atoms with Gasteiger partial charge in [-0.25, -0.2) is 0 Å². The van der Waals surface area contributed by atoms with E-state index in [0.29, 0.717) is 18.1 Å². The predicted octanol–water partition coefficient (Wildman–Crippen LogP) is 4.77. The Morgan fingerprint density at radius 3 is 2.41 bits per heavy atom. The third-order valence-corrected chi connectivity index (χ3v) is 3.59. The zero-order chi connectivity index (χ0) is 16.1. The van der Waals surface area contributed by atoms with Crippen LogP contribution in [0.3, 0.4) is 0 Å². The molecule has 0 aliphatic rings. The maximum atomic E-state index is 12.5. The van der Waals surface area contributed by atoms with Crippen LogP contribution in [0.15, 0.2) is 42.5 Å². The summed E-state index contributed by atoms with van der Waals surface area (Å²) in [6.45, 7) is 8.82. The van der Waals surface area contributed by atoms with Gasteiger partial charge in [0.2, 0.25) is 0 Å². The molecule has 0 heterocycles. The second-order valence-corrected chi connectivity index (χ2v) is 5.61. The van der Waals surface area contributed by atoms with Crippen molar-refractivity contribution in [1.82, 2.24) is 0 Å². The largest absolute Gasteiger partial charge is 0.494 e. The van der Waals surface area contributed by atoms with Crippen LogP contribution in [0.5, 0.6) is 5.75 Å². The molecule has 22 heavy (non-hydrogen) atoms. The average molecular weight is 297 g/mol. The molecule has 0 aliphatic heterocycles. The van der Waals surface area contributed by atoms with Gasteiger partial charge < -0.3 is 10.1 Å². The smallest absolute Gasteiger partial charge is 0.255 e. The van der Waals surface area contributed by atoms with Gasteiger partial charge in [-0.05, 0) is 55.2 Å². The van der Waals surface area contributed by atoms with E-state index in [2.05, 4.69) is 25.2 Å². The highest BCUT2D eigenvalue weighted by molar-refractivity contribution is 6.05. The summed E-state index contributed by atoms with van der Waals surface area (Å²) in [5.41, 5.74) is 3.77. The predicted molar refractivity (Wildman–Crippen MR) is 90.8 cm³/mol. The zero-order valence-corrected chi connectivity index (χ0v) is 13.6. The number of hydrogen-bond acceptors (Lipinski definition) is 2. The number of carbonyl (C=O) groups excluding carboxylic acids is 1. The zero-order valence-electron chi connectivity index (χ0n) is 13.6. The van der Waals surface area contributed by atoms with Gasteiger partial charge in [-0.15, -0.1) is 0 Å². The summed E-state index contributed by atoms with van der Waals surface area (Å²) in [4.78, 5) is 12.5. The van der Waals surface area contributed by atoms with Gasteiger partial charge in [0.15, 0.2) is 0 Å². The highest BCUT2D eigenvalue weighted by Crippen LogP contribution is 2.28. The first-order valence-corrected chi connectivity index (χ1v) is 7.66. The number of nitrogens with one attached hydrogen (secondary N) is 1. The number of ether oxygens (including phenoxy) is 1. The molecule has 0 saturated heterocycles. The van der Waals surface area contributed by atoms with Crippen LogP contribution in [0, 0.1) is 6.92 Å². The Morgan fingerprint density at radius 1 is 1.14 bits per heavy atom. The van der Waals surface area contributed by atoms with E-state index in [1.54, 1.807) is 12.1 Å². The van der Waals surface area contributed by atoms with E-state index in [0.717, 1.165) is 22.6 Å². The van der Waals surface area contributed by atoms with E-state index < -0.39 is 0 Å². The first-order chi connectivity index (χ1) is 10.5. The molecule has 0 unspecified atom stereocenters. The highest BCUT2D eigenvalue weighted by atomic mass is 16.5. The molecule has 3 heteroatoms. The molecular formula is C19H23NO2. The number of hydrogen-bond donors (Lipinski definition) is 1. The lowest BCUT2D eigenvalue weighted by atomic mass is 9.98. The topological polar surface area (TPSA) is 38.3 Å². The first kappa shape index (κ1) is 16.1. The fraction of sp³-hybridized carbons (Fsp3) is 0.316. The second-order valence-electron chi connectivity index (χ2n) is 5.61. The Balaban J connectivity index is 2.22. The number of amides is 1. The number of aryl methyl sites for hydroxylation is 1. The second kappa shape index (κ2) is 7.12. The minimum atomic E-state index is -0.0979. The molecule has 0 bridgehead atoms. The molecule has 2 aromatic rings. The molecule has 0 saturated carbocycles. The van der Waals surface area contributed by atoms with Crippen molar-refractivity contribution >= 4 is 11.6 Å². The normalized spacial score (nSPS) is 10.6. The number of carbonyl (C=O) groups is 1. The maximum Gasteiger partial charge on any atom is 0.255 e. The Labute approximate surface area is 132 Å². The number of anilines is 1. The number of para-hydroxylation sites is 1.